The van der Waals surface area contributed by atoms with E-state index in [1.807, 2.05) is 42.6 Å². The minimum absolute atomic E-state index is 0.170. The van der Waals surface area contributed by atoms with Crippen molar-refractivity contribution in [3.05, 3.63) is 91.1 Å². The summed E-state index contributed by atoms with van der Waals surface area (Å²) in [5.74, 6) is -0.269. The molecule has 1 aromatic carbocycles. The number of rotatable bonds is 8. The van der Waals surface area contributed by atoms with E-state index in [1.54, 1.807) is 47.5 Å². The smallest absolute Gasteiger partial charge is 0.316 e. The number of carbonyl (C=O) groups is 1. The number of ether oxygens (including phenoxy) is 1. The number of aromatic nitrogens is 6. The van der Waals surface area contributed by atoms with Crippen molar-refractivity contribution < 1.29 is 9.53 Å². The molecule has 10 heteroatoms. The molecular weight excluding hydrogens is 444 g/mol. The number of benzene rings is 1. The van der Waals surface area contributed by atoms with Crippen molar-refractivity contribution in [2.24, 2.45) is 5.73 Å². The van der Waals surface area contributed by atoms with Crippen molar-refractivity contribution in [3.8, 4) is 28.5 Å². The monoisotopic (exact) mass is 466 g/mol. The zero-order valence-corrected chi connectivity index (χ0v) is 18.7. The van der Waals surface area contributed by atoms with E-state index >= 15 is 0 Å². The third-order valence-corrected chi connectivity index (χ3v) is 5.23. The van der Waals surface area contributed by atoms with Gasteiger partial charge in [0.1, 0.15) is 6.61 Å². The number of nitrogens with two attached hydrogens (primary N) is 1. The number of carbonyl (C=O) groups excluding carboxylic acids is 1. The highest BCUT2D eigenvalue weighted by atomic mass is 16.5. The molecular formula is C25H22N8O2. The van der Waals surface area contributed by atoms with Crippen molar-refractivity contribution in [2.45, 2.75) is 6.04 Å². The fourth-order valence-corrected chi connectivity index (χ4v) is 3.46. The molecule has 0 aliphatic rings. The lowest BCUT2D eigenvalue weighted by Crippen LogP contribution is -2.41. The summed E-state index contributed by atoms with van der Waals surface area (Å²) >= 11 is 0. The fourth-order valence-electron chi connectivity index (χ4n) is 3.46. The maximum atomic E-state index is 12.8. The van der Waals surface area contributed by atoms with E-state index in [-0.39, 0.29) is 25.1 Å². The van der Waals surface area contributed by atoms with Crippen molar-refractivity contribution in [2.75, 3.05) is 13.2 Å². The van der Waals surface area contributed by atoms with Gasteiger partial charge in [0.25, 0.3) is 5.91 Å². The van der Waals surface area contributed by atoms with Gasteiger partial charge in [0.15, 0.2) is 5.65 Å². The van der Waals surface area contributed by atoms with E-state index in [0.717, 1.165) is 16.8 Å². The lowest BCUT2D eigenvalue weighted by molar-refractivity contribution is 0.0948. The Bertz CT molecular complexity index is 1440. The second-order valence-electron chi connectivity index (χ2n) is 7.75. The van der Waals surface area contributed by atoms with Gasteiger partial charge in [-0.25, -0.2) is 19.5 Å². The van der Waals surface area contributed by atoms with Gasteiger partial charge in [-0.3, -0.25) is 9.78 Å². The van der Waals surface area contributed by atoms with E-state index in [2.05, 4.69) is 25.4 Å². The van der Waals surface area contributed by atoms with Crippen molar-refractivity contribution >= 4 is 11.6 Å². The SMILES string of the molecule is N[C@H](CNC(=O)c1ccnc(-c2cnn3ccc(-c4ccccc4)nc23)c1)COc1ncccn1. The van der Waals surface area contributed by atoms with Gasteiger partial charge in [0.2, 0.25) is 0 Å². The Labute approximate surface area is 200 Å². The molecule has 0 bridgehead atoms. The molecule has 4 heterocycles. The molecule has 5 rings (SSSR count). The number of nitrogens with zero attached hydrogens (tertiary/aromatic N) is 6. The molecule has 35 heavy (non-hydrogen) atoms. The lowest BCUT2D eigenvalue weighted by Gasteiger charge is -2.13. The summed E-state index contributed by atoms with van der Waals surface area (Å²) in [6, 6.07) is 16.7. The summed E-state index contributed by atoms with van der Waals surface area (Å²) in [5, 5.41) is 7.21. The average molecular weight is 467 g/mol. The number of fused-ring (bicyclic) bond motifs is 1. The molecule has 0 unspecified atom stereocenters. The Kier molecular flexibility index (Phi) is 6.35. The lowest BCUT2D eigenvalue weighted by atomic mass is 10.1. The highest BCUT2D eigenvalue weighted by Gasteiger charge is 2.15. The molecule has 4 aromatic heterocycles. The molecule has 1 amide bonds. The normalized spacial score (nSPS) is 11.8. The third kappa shape index (κ3) is 5.12. The van der Waals surface area contributed by atoms with Crippen LogP contribution in [0, 0.1) is 0 Å². The molecule has 1 atom stereocenters. The average Bonchev–Trinajstić information content (AvgIpc) is 3.35. The van der Waals surface area contributed by atoms with E-state index in [1.165, 1.54) is 0 Å². The molecule has 3 N–H and O–H groups in total. The highest BCUT2D eigenvalue weighted by molar-refractivity contribution is 5.95. The standard InChI is InChI=1S/C25H22N8O2/c26-19(16-35-25-28-9-4-10-29-25)14-30-24(34)18-7-11-27-22(13-18)20-15-31-33-12-8-21(32-23(20)33)17-5-2-1-3-6-17/h1-13,15,19H,14,16,26H2,(H,30,34)/t19-/m1/s1. The van der Waals surface area contributed by atoms with Crippen LogP contribution in [0.4, 0.5) is 0 Å². The van der Waals surface area contributed by atoms with Gasteiger partial charge in [-0.1, -0.05) is 30.3 Å². The summed E-state index contributed by atoms with van der Waals surface area (Å²) < 4.78 is 7.12. The Morgan fingerprint density at radius 3 is 2.66 bits per heavy atom. The minimum Gasteiger partial charge on any atom is -0.462 e. The van der Waals surface area contributed by atoms with Gasteiger partial charge in [-0.05, 0) is 24.3 Å². The largest absolute Gasteiger partial charge is 0.462 e. The van der Waals surface area contributed by atoms with Crippen molar-refractivity contribution in [1.29, 1.82) is 0 Å². The molecule has 174 valence electrons. The molecule has 10 nitrogen and oxygen atoms in total. The maximum Gasteiger partial charge on any atom is 0.316 e. The summed E-state index contributed by atoms with van der Waals surface area (Å²) in [7, 11) is 0. The van der Waals surface area contributed by atoms with E-state index < -0.39 is 6.04 Å². The van der Waals surface area contributed by atoms with Gasteiger partial charge < -0.3 is 15.8 Å². The molecule has 0 fully saturated rings. The first kappa shape index (κ1) is 22.1. The Morgan fingerprint density at radius 2 is 1.83 bits per heavy atom. The second kappa shape index (κ2) is 10.1. The van der Waals surface area contributed by atoms with Crippen LogP contribution in [0.25, 0.3) is 28.2 Å². The van der Waals surface area contributed by atoms with Crippen LogP contribution in [0.5, 0.6) is 6.01 Å². The molecule has 5 aromatic rings. The molecule has 0 aliphatic heterocycles. The van der Waals surface area contributed by atoms with Gasteiger partial charge in [0, 0.05) is 42.5 Å². The number of amides is 1. The van der Waals surface area contributed by atoms with Crippen LogP contribution in [0.15, 0.2) is 85.6 Å². The van der Waals surface area contributed by atoms with Crippen molar-refractivity contribution in [3.63, 3.8) is 0 Å². The first-order valence-corrected chi connectivity index (χ1v) is 11.0. The van der Waals surface area contributed by atoms with Gasteiger partial charge in [0.05, 0.1) is 29.2 Å². The molecule has 0 radical (unpaired) electrons. The van der Waals surface area contributed by atoms with E-state index in [9.17, 15) is 4.79 Å². The Balaban J connectivity index is 1.29. The van der Waals surface area contributed by atoms with Crippen molar-refractivity contribution in [1.82, 2.24) is 34.9 Å². The molecule has 0 spiro atoms. The van der Waals surface area contributed by atoms with Gasteiger partial charge >= 0.3 is 6.01 Å². The predicted molar refractivity (Wildman–Crippen MR) is 129 cm³/mol. The number of hydrogen-bond acceptors (Lipinski definition) is 8. The Hall–Kier alpha value is -4.70. The number of nitrogens with one attached hydrogen (secondary N) is 1. The Morgan fingerprint density at radius 1 is 1.00 bits per heavy atom. The molecule has 0 aliphatic carbocycles. The van der Waals surface area contributed by atoms with E-state index in [4.69, 9.17) is 15.5 Å². The molecule has 0 saturated carbocycles. The zero-order valence-electron chi connectivity index (χ0n) is 18.7. The summed E-state index contributed by atoms with van der Waals surface area (Å²) in [4.78, 5) is 29.9. The summed E-state index contributed by atoms with van der Waals surface area (Å²) in [6.07, 6.45) is 8.30. The molecule has 0 saturated heterocycles. The quantitative estimate of drug-likeness (QED) is 0.356. The first-order chi connectivity index (χ1) is 17.2. The second-order valence-corrected chi connectivity index (χ2v) is 7.75. The predicted octanol–water partition coefficient (Wildman–Crippen LogP) is 2.38. The maximum absolute atomic E-state index is 12.8. The highest BCUT2D eigenvalue weighted by Crippen LogP contribution is 2.25. The number of pyridine rings is 1. The van der Waals surface area contributed by atoms with Gasteiger partial charge in [-0.15, -0.1) is 0 Å². The van der Waals surface area contributed by atoms with Crippen LogP contribution < -0.4 is 15.8 Å². The van der Waals surface area contributed by atoms with Crippen LogP contribution in [-0.4, -0.2) is 54.7 Å². The first-order valence-electron chi connectivity index (χ1n) is 11.0. The zero-order chi connectivity index (χ0) is 24.0. The minimum atomic E-state index is -0.427. The summed E-state index contributed by atoms with van der Waals surface area (Å²) in [6.45, 7) is 0.395. The van der Waals surface area contributed by atoms with Crippen LogP contribution in [0.3, 0.4) is 0 Å². The third-order valence-electron chi connectivity index (χ3n) is 5.23. The van der Waals surface area contributed by atoms with Crippen LogP contribution in [-0.2, 0) is 0 Å². The number of hydrogen-bond donors (Lipinski definition) is 2. The fraction of sp³-hybridized carbons (Fsp3) is 0.120. The van der Waals surface area contributed by atoms with E-state index in [0.29, 0.717) is 16.9 Å². The van der Waals surface area contributed by atoms with Crippen LogP contribution in [0.1, 0.15) is 10.4 Å². The van der Waals surface area contributed by atoms with Gasteiger partial charge in [-0.2, -0.15) is 5.10 Å². The topological polar surface area (TPSA) is 133 Å². The van der Waals surface area contributed by atoms with Crippen LogP contribution in [0.2, 0.25) is 0 Å². The summed E-state index contributed by atoms with van der Waals surface area (Å²) in [5.41, 5.74) is 10.3. The van der Waals surface area contributed by atoms with Crippen LogP contribution >= 0.6 is 0 Å².